The van der Waals surface area contributed by atoms with Gasteiger partial charge in [-0.25, -0.2) is 0 Å². The molecular weight excluding hydrogens is 384 g/mol. The average Bonchev–Trinajstić information content (AvgIpc) is 3.32. The van der Waals surface area contributed by atoms with Crippen LogP contribution in [0.3, 0.4) is 0 Å². The second kappa shape index (κ2) is 8.91. The van der Waals surface area contributed by atoms with E-state index in [4.69, 9.17) is 4.74 Å². The number of aromatic nitrogens is 5. The fraction of sp³-hybridized carbons (Fsp3) is 0.143. The molecule has 30 heavy (non-hydrogen) atoms. The molecule has 0 fully saturated rings. The number of benzene rings is 2. The lowest BCUT2D eigenvalue weighted by atomic mass is 10.1. The first kappa shape index (κ1) is 19.2. The number of nitrogens with one attached hydrogen (secondary N) is 1. The first-order chi connectivity index (χ1) is 14.7. The summed E-state index contributed by atoms with van der Waals surface area (Å²) >= 11 is 0. The smallest absolute Gasteiger partial charge is 0.269 e. The van der Waals surface area contributed by atoms with Crippen molar-refractivity contribution in [1.82, 2.24) is 25.6 Å². The molecule has 0 amide bonds. The zero-order valence-electron chi connectivity index (χ0n) is 15.9. The largest absolute Gasteiger partial charge is 0.489 e. The monoisotopic (exact) mass is 402 g/mol. The SMILES string of the molecule is O=[N+]([O-])c1ccc(OCc2ccccc2)c(CCc2ccc(-c3nn[nH]n3)cn2)c1. The number of tetrazole rings is 1. The Morgan fingerprint density at radius 1 is 1.03 bits per heavy atom. The van der Waals surface area contributed by atoms with E-state index in [1.807, 2.05) is 42.5 Å². The quantitative estimate of drug-likeness (QED) is 0.353. The van der Waals surface area contributed by atoms with E-state index in [9.17, 15) is 10.1 Å². The summed E-state index contributed by atoms with van der Waals surface area (Å²) in [6.45, 7) is 0.392. The fourth-order valence-corrected chi connectivity index (χ4v) is 3.00. The molecule has 0 aliphatic carbocycles. The lowest BCUT2D eigenvalue weighted by Gasteiger charge is -2.12. The molecule has 1 N–H and O–H groups in total. The lowest BCUT2D eigenvalue weighted by molar-refractivity contribution is -0.384. The number of pyridine rings is 1. The van der Waals surface area contributed by atoms with Gasteiger partial charge in [0.25, 0.3) is 5.69 Å². The van der Waals surface area contributed by atoms with Crippen LogP contribution in [0.5, 0.6) is 5.75 Å². The molecule has 0 radical (unpaired) electrons. The first-order valence-electron chi connectivity index (χ1n) is 9.32. The zero-order valence-corrected chi connectivity index (χ0v) is 15.9. The number of hydrogen-bond acceptors (Lipinski definition) is 7. The Morgan fingerprint density at radius 3 is 2.60 bits per heavy atom. The minimum Gasteiger partial charge on any atom is -0.489 e. The Labute approximate surface area is 171 Å². The molecule has 0 atom stereocenters. The highest BCUT2D eigenvalue weighted by Crippen LogP contribution is 2.26. The van der Waals surface area contributed by atoms with Crippen molar-refractivity contribution in [3.63, 3.8) is 0 Å². The highest BCUT2D eigenvalue weighted by molar-refractivity contribution is 5.52. The van der Waals surface area contributed by atoms with Gasteiger partial charge in [-0.2, -0.15) is 5.21 Å². The van der Waals surface area contributed by atoms with Crippen LogP contribution in [0.1, 0.15) is 16.8 Å². The average molecular weight is 402 g/mol. The number of nitrogens with zero attached hydrogens (tertiary/aromatic N) is 5. The van der Waals surface area contributed by atoms with Gasteiger partial charge >= 0.3 is 0 Å². The predicted octanol–water partition coefficient (Wildman–Crippen LogP) is 3.53. The Morgan fingerprint density at radius 2 is 1.90 bits per heavy atom. The van der Waals surface area contributed by atoms with Gasteiger partial charge in [-0.1, -0.05) is 30.3 Å². The summed E-state index contributed by atoms with van der Waals surface area (Å²) in [6.07, 6.45) is 2.84. The van der Waals surface area contributed by atoms with Gasteiger partial charge in [0.2, 0.25) is 5.82 Å². The van der Waals surface area contributed by atoms with Crippen molar-refractivity contribution < 1.29 is 9.66 Å². The molecule has 4 rings (SSSR count). The number of nitro groups is 1. The minimum atomic E-state index is -0.400. The van der Waals surface area contributed by atoms with E-state index in [-0.39, 0.29) is 5.69 Å². The molecular formula is C21H18N6O3. The van der Waals surface area contributed by atoms with Crippen LogP contribution < -0.4 is 4.74 Å². The highest BCUT2D eigenvalue weighted by Gasteiger charge is 2.13. The molecule has 150 valence electrons. The van der Waals surface area contributed by atoms with Gasteiger partial charge in [0.05, 0.1) is 4.92 Å². The summed E-state index contributed by atoms with van der Waals surface area (Å²) in [5.41, 5.74) is 3.44. The normalized spacial score (nSPS) is 10.7. The molecule has 2 heterocycles. The number of rotatable bonds is 8. The Hall–Kier alpha value is -4.14. The van der Waals surface area contributed by atoms with Crippen molar-refractivity contribution in [2.45, 2.75) is 19.4 Å². The molecule has 0 unspecified atom stereocenters. The van der Waals surface area contributed by atoms with E-state index >= 15 is 0 Å². The minimum absolute atomic E-state index is 0.0393. The molecule has 4 aromatic rings. The van der Waals surface area contributed by atoms with Crippen molar-refractivity contribution >= 4 is 5.69 Å². The van der Waals surface area contributed by atoms with E-state index in [0.29, 0.717) is 31.0 Å². The molecule has 2 aromatic carbocycles. The van der Waals surface area contributed by atoms with Crippen LogP contribution in [0.2, 0.25) is 0 Å². The second-order valence-corrected chi connectivity index (χ2v) is 6.60. The Balaban J connectivity index is 1.48. The van der Waals surface area contributed by atoms with Crippen molar-refractivity contribution in [1.29, 1.82) is 0 Å². The number of hydrogen-bond donors (Lipinski definition) is 1. The summed E-state index contributed by atoms with van der Waals surface area (Å²) in [7, 11) is 0. The maximum atomic E-state index is 11.2. The van der Waals surface area contributed by atoms with E-state index in [2.05, 4.69) is 25.6 Å². The van der Waals surface area contributed by atoms with Crippen LogP contribution in [0.15, 0.2) is 66.9 Å². The van der Waals surface area contributed by atoms with E-state index in [1.54, 1.807) is 18.3 Å². The van der Waals surface area contributed by atoms with Gasteiger partial charge in [-0.05, 0) is 41.8 Å². The van der Waals surface area contributed by atoms with Gasteiger partial charge in [0.15, 0.2) is 0 Å². The molecule has 0 saturated heterocycles. The van der Waals surface area contributed by atoms with Crippen molar-refractivity contribution in [2.24, 2.45) is 0 Å². The first-order valence-corrected chi connectivity index (χ1v) is 9.32. The van der Waals surface area contributed by atoms with Crippen molar-refractivity contribution in [2.75, 3.05) is 0 Å². The van der Waals surface area contributed by atoms with Gasteiger partial charge in [0.1, 0.15) is 12.4 Å². The van der Waals surface area contributed by atoms with Gasteiger partial charge in [-0.3, -0.25) is 15.1 Å². The summed E-state index contributed by atoms with van der Waals surface area (Å²) in [5, 5.41) is 25.0. The third-order valence-electron chi connectivity index (χ3n) is 4.57. The Kier molecular flexibility index (Phi) is 5.70. The number of nitro benzene ring substituents is 1. The lowest BCUT2D eigenvalue weighted by Crippen LogP contribution is -2.02. The predicted molar refractivity (Wildman–Crippen MR) is 109 cm³/mol. The molecule has 0 aliphatic rings. The van der Waals surface area contributed by atoms with Crippen LogP contribution in [0, 0.1) is 10.1 Å². The van der Waals surface area contributed by atoms with Gasteiger partial charge in [-0.15, -0.1) is 10.2 Å². The molecule has 0 saturated carbocycles. The van der Waals surface area contributed by atoms with Crippen LogP contribution in [-0.4, -0.2) is 30.5 Å². The topological polar surface area (TPSA) is 120 Å². The third kappa shape index (κ3) is 4.64. The maximum absolute atomic E-state index is 11.2. The highest BCUT2D eigenvalue weighted by atomic mass is 16.6. The van der Waals surface area contributed by atoms with Crippen LogP contribution in [0.25, 0.3) is 11.4 Å². The van der Waals surface area contributed by atoms with E-state index in [0.717, 1.165) is 22.4 Å². The standard InChI is InChI=1S/C21H18N6O3/c28-27(29)19-10-11-20(30-14-15-4-2-1-3-5-15)16(12-19)6-8-18-9-7-17(13-22-18)21-23-25-26-24-21/h1-5,7,9-13H,6,8,14H2,(H,23,24,25,26). The van der Waals surface area contributed by atoms with Crippen molar-refractivity contribution in [3.8, 4) is 17.1 Å². The van der Waals surface area contributed by atoms with Crippen LogP contribution >= 0.6 is 0 Å². The second-order valence-electron chi connectivity index (χ2n) is 6.60. The fourth-order valence-electron chi connectivity index (χ4n) is 3.00. The zero-order chi connectivity index (χ0) is 20.8. The molecule has 9 nitrogen and oxygen atoms in total. The summed E-state index contributed by atoms with van der Waals surface area (Å²) in [6, 6.07) is 18.2. The summed E-state index contributed by atoms with van der Waals surface area (Å²) < 4.78 is 5.94. The number of H-pyrrole nitrogens is 1. The molecule has 2 aromatic heterocycles. The number of aromatic amines is 1. The van der Waals surface area contributed by atoms with Gasteiger partial charge < -0.3 is 4.74 Å². The Bertz CT molecular complexity index is 1120. The van der Waals surface area contributed by atoms with E-state index < -0.39 is 4.92 Å². The summed E-state index contributed by atoms with van der Waals surface area (Å²) in [5.74, 6) is 1.11. The van der Waals surface area contributed by atoms with Crippen LogP contribution in [-0.2, 0) is 19.4 Å². The van der Waals surface area contributed by atoms with Crippen LogP contribution in [0.4, 0.5) is 5.69 Å². The van der Waals surface area contributed by atoms with Gasteiger partial charge in [0, 0.05) is 35.2 Å². The number of ether oxygens (including phenoxy) is 1. The molecule has 0 bridgehead atoms. The van der Waals surface area contributed by atoms with E-state index in [1.165, 1.54) is 6.07 Å². The van der Waals surface area contributed by atoms with Crippen molar-refractivity contribution in [3.05, 3.63) is 93.8 Å². The molecule has 0 spiro atoms. The summed E-state index contributed by atoms with van der Waals surface area (Å²) in [4.78, 5) is 15.2. The number of aryl methyl sites for hydroxylation is 2. The third-order valence-corrected chi connectivity index (χ3v) is 4.57. The molecule has 0 aliphatic heterocycles. The number of non-ortho nitro benzene ring substituents is 1. The maximum Gasteiger partial charge on any atom is 0.269 e. The molecule has 9 heteroatoms.